The molecular weight excluding hydrogens is 422 g/mol. The second kappa shape index (κ2) is 9.13. The highest BCUT2D eigenvalue weighted by atomic mass is 32.1. The van der Waals surface area contributed by atoms with Gasteiger partial charge in [0.25, 0.3) is 5.56 Å². The lowest BCUT2D eigenvalue weighted by atomic mass is 9.85. The fourth-order valence-corrected chi connectivity index (χ4v) is 5.70. The van der Waals surface area contributed by atoms with Crippen LogP contribution in [0.1, 0.15) is 32.1 Å². The van der Waals surface area contributed by atoms with Crippen molar-refractivity contribution in [3.05, 3.63) is 52.8 Å². The van der Waals surface area contributed by atoms with Crippen LogP contribution in [0.5, 0.6) is 0 Å². The number of thiazole rings is 1. The number of aliphatic hydroxyl groups is 1. The standard InChI is InChI=1S/C24H29N5O2S/c30-20-10-9-19(27-29(20)17-24(31)11-5-2-6-12-24)22-21(18-7-3-1-4-8-18)26-23(32-22)28-15-13-25-14-16-28/h1,3-4,7-10,25,31H,2,5-6,11-17H2. The maximum atomic E-state index is 12.6. The second-order valence-electron chi connectivity index (χ2n) is 8.78. The number of aromatic nitrogens is 3. The van der Waals surface area contributed by atoms with Crippen LogP contribution in [0.4, 0.5) is 5.13 Å². The predicted molar refractivity (Wildman–Crippen MR) is 128 cm³/mol. The van der Waals surface area contributed by atoms with Crippen LogP contribution in [-0.4, -0.2) is 51.7 Å². The van der Waals surface area contributed by atoms with Crippen LogP contribution in [0.2, 0.25) is 0 Å². The van der Waals surface area contributed by atoms with Crippen molar-refractivity contribution in [1.82, 2.24) is 20.1 Å². The van der Waals surface area contributed by atoms with E-state index in [2.05, 4.69) is 22.3 Å². The van der Waals surface area contributed by atoms with Crippen molar-refractivity contribution in [2.45, 2.75) is 44.2 Å². The van der Waals surface area contributed by atoms with Gasteiger partial charge in [-0.25, -0.2) is 9.67 Å². The third kappa shape index (κ3) is 4.48. The van der Waals surface area contributed by atoms with Crippen molar-refractivity contribution >= 4 is 16.5 Å². The van der Waals surface area contributed by atoms with Crippen molar-refractivity contribution in [2.75, 3.05) is 31.1 Å². The minimum atomic E-state index is -0.852. The molecule has 0 spiro atoms. The molecule has 8 heteroatoms. The van der Waals surface area contributed by atoms with Crippen LogP contribution in [0.3, 0.4) is 0 Å². The van der Waals surface area contributed by atoms with Gasteiger partial charge >= 0.3 is 0 Å². The van der Waals surface area contributed by atoms with Crippen molar-refractivity contribution < 1.29 is 5.11 Å². The molecule has 1 saturated heterocycles. The zero-order valence-corrected chi connectivity index (χ0v) is 19.0. The summed E-state index contributed by atoms with van der Waals surface area (Å²) in [5.41, 5.74) is 1.61. The summed E-state index contributed by atoms with van der Waals surface area (Å²) in [5.74, 6) is 0. The van der Waals surface area contributed by atoms with Crippen molar-refractivity contribution in [2.24, 2.45) is 0 Å². The Morgan fingerprint density at radius 2 is 1.78 bits per heavy atom. The van der Waals surface area contributed by atoms with E-state index in [0.29, 0.717) is 12.8 Å². The van der Waals surface area contributed by atoms with Gasteiger partial charge in [0.1, 0.15) is 5.69 Å². The number of benzene rings is 1. The smallest absolute Gasteiger partial charge is 0.266 e. The lowest BCUT2D eigenvalue weighted by molar-refractivity contribution is -0.0153. The van der Waals surface area contributed by atoms with Gasteiger partial charge in [-0.1, -0.05) is 60.9 Å². The Hall–Kier alpha value is -2.55. The Morgan fingerprint density at radius 3 is 2.53 bits per heavy atom. The lowest BCUT2D eigenvalue weighted by Gasteiger charge is -2.32. The maximum Gasteiger partial charge on any atom is 0.266 e. The predicted octanol–water partition coefficient (Wildman–Crippen LogP) is 3.14. The van der Waals surface area contributed by atoms with Gasteiger partial charge in [0.2, 0.25) is 0 Å². The van der Waals surface area contributed by atoms with E-state index in [4.69, 9.17) is 10.1 Å². The van der Waals surface area contributed by atoms with Gasteiger partial charge < -0.3 is 15.3 Å². The number of rotatable bonds is 5. The summed E-state index contributed by atoms with van der Waals surface area (Å²) in [5, 5.41) is 20.1. The van der Waals surface area contributed by atoms with Crippen LogP contribution in [-0.2, 0) is 6.54 Å². The number of anilines is 1. The Kier molecular flexibility index (Phi) is 6.08. The highest BCUT2D eigenvalue weighted by Crippen LogP contribution is 2.39. The van der Waals surface area contributed by atoms with E-state index < -0.39 is 5.60 Å². The molecule has 1 aromatic carbocycles. The molecule has 0 radical (unpaired) electrons. The van der Waals surface area contributed by atoms with Crippen LogP contribution in [0.25, 0.3) is 21.8 Å². The number of hydrogen-bond acceptors (Lipinski definition) is 7. The first-order valence-corrected chi connectivity index (χ1v) is 12.3. The van der Waals surface area contributed by atoms with Gasteiger partial charge in [0.05, 0.1) is 22.7 Å². The summed E-state index contributed by atoms with van der Waals surface area (Å²) in [6, 6.07) is 13.5. The zero-order chi connectivity index (χ0) is 22.0. The average molecular weight is 452 g/mol. The topological polar surface area (TPSA) is 83.3 Å². The highest BCUT2D eigenvalue weighted by molar-refractivity contribution is 7.19. The summed E-state index contributed by atoms with van der Waals surface area (Å²) < 4.78 is 1.44. The summed E-state index contributed by atoms with van der Waals surface area (Å²) in [6.07, 6.45) is 4.56. The fourth-order valence-electron chi connectivity index (χ4n) is 4.60. The fraction of sp³-hybridized carbons (Fsp3) is 0.458. The van der Waals surface area contributed by atoms with Gasteiger partial charge in [-0.2, -0.15) is 5.10 Å². The van der Waals surface area contributed by atoms with E-state index in [-0.39, 0.29) is 12.1 Å². The molecule has 1 saturated carbocycles. The van der Waals surface area contributed by atoms with Crippen LogP contribution >= 0.6 is 11.3 Å². The first kappa shape index (κ1) is 21.3. The van der Waals surface area contributed by atoms with Gasteiger partial charge in [-0.15, -0.1) is 0 Å². The van der Waals surface area contributed by atoms with E-state index in [1.54, 1.807) is 23.5 Å². The summed E-state index contributed by atoms with van der Waals surface area (Å²) in [7, 11) is 0. The Morgan fingerprint density at radius 1 is 1.03 bits per heavy atom. The molecule has 168 valence electrons. The third-order valence-electron chi connectivity index (χ3n) is 6.38. The average Bonchev–Trinajstić information content (AvgIpc) is 3.28. The summed E-state index contributed by atoms with van der Waals surface area (Å²) in [6.45, 7) is 3.96. The SMILES string of the molecule is O=c1ccc(-c2sc(N3CCNCC3)nc2-c2ccccc2)nn1CC1(O)CCCCC1. The molecule has 3 heterocycles. The molecule has 2 aromatic heterocycles. The monoisotopic (exact) mass is 451 g/mol. The lowest BCUT2D eigenvalue weighted by Crippen LogP contribution is -2.43. The van der Waals surface area contributed by atoms with E-state index >= 15 is 0 Å². The minimum absolute atomic E-state index is 0.180. The first-order valence-electron chi connectivity index (χ1n) is 11.4. The molecule has 2 N–H and O–H groups in total. The van der Waals surface area contributed by atoms with Crippen LogP contribution in [0, 0.1) is 0 Å². The van der Waals surface area contributed by atoms with Crippen molar-refractivity contribution in [3.63, 3.8) is 0 Å². The molecule has 3 aromatic rings. The zero-order valence-electron chi connectivity index (χ0n) is 18.2. The molecule has 0 bridgehead atoms. The van der Waals surface area contributed by atoms with Crippen LogP contribution < -0.4 is 15.8 Å². The number of nitrogens with one attached hydrogen (secondary N) is 1. The Bertz CT molecular complexity index is 1110. The minimum Gasteiger partial charge on any atom is -0.388 e. The molecule has 0 unspecified atom stereocenters. The second-order valence-corrected chi connectivity index (χ2v) is 9.75. The van der Waals surface area contributed by atoms with Crippen molar-refractivity contribution in [3.8, 4) is 21.8 Å². The Labute approximate surface area is 191 Å². The van der Waals surface area contributed by atoms with Gasteiger partial charge in [-0.3, -0.25) is 4.79 Å². The summed E-state index contributed by atoms with van der Waals surface area (Å²) in [4.78, 5) is 20.8. The number of hydrogen-bond donors (Lipinski definition) is 2. The summed E-state index contributed by atoms with van der Waals surface area (Å²) >= 11 is 1.62. The molecule has 5 rings (SSSR count). The highest BCUT2D eigenvalue weighted by Gasteiger charge is 2.30. The van der Waals surface area contributed by atoms with Crippen LogP contribution in [0.15, 0.2) is 47.3 Å². The molecule has 2 fully saturated rings. The normalized spacial score (nSPS) is 18.6. The first-order chi connectivity index (χ1) is 15.6. The van der Waals surface area contributed by atoms with Crippen molar-refractivity contribution in [1.29, 1.82) is 0 Å². The van der Waals surface area contributed by atoms with Gasteiger partial charge in [-0.05, 0) is 18.9 Å². The molecule has 0 atom stereocenters. The molecule has 1 aliphatic carbocycles. The third-order valence-corrected chi connectivity index (χ3v) is 7.52. The Balaban J connectivity index is 1.54. The molecular formula is C24H29N5O2S. The number of nitrogens with zero attached hydrogens (tertiary/aromatic N) is 4. The maximum absolute atomic E-state index is 12.6. The quantitative estimate of drug-likeness (QED) is 0.620. The molecule has 7 nitrogen and oxygen atoms in total. The van der Waals surface area contributed by atoms with Gasteiger partial charge in [0.15, 0.2) is 5.13 Å². The molecule has 0 amide bonds. The van der Waals surface area contributed by atoms with E-state index in [1.165, 1.54) is 4.68 Å². The van der Waals surface area contributed by atoms with E-state index in [0.717, 1.165) is 72.4 Å². The molecule has 1 aliphatic heterocycles. The van der Waals surface area contributed by atoms with E-state index in [1.807, 2.05) is 18.2 Å². The molecule has 2 aliphatic rings. The number of piperazine rings is 1. The molecule has 32 heavy (non-hydrogen) atoms. The largest absolute Gasteiger partial charge is 0.388 e. The van der Waals surface area contributed by atoms with Gasteiger partial charge in [0, 0.05) is 37.8 Å². The van der Waals surface area contributed by atoms with E-state index in [9.17, 15) is 9.90 Å².